The molecule has 2 heteroatoms. The minimum absolute atomic E-state index is 0.296. The number of carbonyl (C=O) groups excluding carboxylic acids is 1. The molecule has 82 valence electrons. The lowest BCUT2D eigenvalue weighted by atomic mass is 9.92. The summed E-state index contributed by atoms with van der Waals surface area (Å²) >= 11 is 0. The van der Waals surface area contributed by atoms with Gasteiger partial charge in [-0.15, -0.1) is 0 Å². The smallest absolute Gasteiger partial charge is 0.134 e. The Kier molecular flexibility index (Phi) is 4.11. The van der Waals surface area contributed by atoms with Crippen LogP contribution < -0.4 is 0 Å². The molecule has 14 heavy (non-hydrogen) atoms. The van der Waals surface area contributed by atoms with E-state index in [1.54, 1.807) is 6.92 Å². The van der Waals surface area contributed by atoms with Crippen molar-refractivity contribution < 1.29 is 4.79 Å². The van der Waals surface area contributed by atoms with Crippen molar-refractivity contribution in [2.45, 2.75) is 46.6 Å². The monoisotopic (exact) mass is 197 g/mol. The highest BCUT2D eigenvalue weighted by atomic mass is 16.1. The topological polar surface area (TPSA) is 20.3 Å². The fourth-order valence-corrected chi connectivity index (χ4v) is 2.13. The summed E-state index contributed by atoms with van der Waals surface area (Å²) in [5, 5.41) is 0. The van der Waals surface area contributed by atoms with Crippen molar-refractivity contribution in [1.29, 1.82) is 0 Å². The zero-order valence-electron chi connectivity index (χ0n) is 9.92. The number of likely N-dealkylation sites (tertiary alicyclic amines) is 1. The largest absolute Gasteiger partial charge is 0.300 e. The molecule has 0 spiro atoms. The Morgan fingerprint density at radius 2 is 2.00 bits per heavy atom. The molecule has 1 aliphatic rings. The van der Waals surface area contributed by atoms with E-state index in [0.29, 0.717) is 23.7 Å². The van der Waals surface area contributed by atoms with E-state index < -0.39 is 0 Å². The molecule has 1 heterocycles. The molecule has 0 aromatic heterocycles. The van der Waals surface area contributed by atoms with Crippen LogP contribution in [0.1, 0.15) is 40.5 Å². The summed E-state index contributed by atoms with van der Waals surface area (Å²) in [6.07, 6.45) is 2.28. The highest BCUT2D eigenvalue weighted by Gasteiger charge is 2.26. The average Bonchev–Trinajstić information content (AvgIpc) is 2.16. The molecule has 0 N–H and O–H groups in total. The fraction of sp³-hybridized carbons (Fsp3) is 0.917. The summed E-state index contributed by atoms with van der Waals surface area (Å²) in [5.74, 6) is 1.34. The van der Waals surface area contributed by atoms with Gasteiger partial charge in [0.15, 0.2) is 0 Å². The third kappa shape index (κ3) is 2.81. The predicted molar refractivity (Wildman–Crippen MR) is 59.3 cm³/mol. The van der Waals surface area contributed by atoms with Gasteiger partial charge in [0, 0.05) is 18.5 Å². The summed E-state index contributed by atoms with van der Waals surface area (Å²) in [6.45, 7) is 10.7. The summed E-state index contributed by atoms with van der Waals surface area (Å²) in [6, 6.07) is 0.608. The van der Waals surface area contributed by atoms with Crippen LogP contribution in [0.25, 0.3) is 0 Å². The molecule has 1 rings (SSSR count). The van der Waals surface area contributed by atoms with Crippen LogP contribution in [0.4, 0.5) is 0 Å². The predicted octanol–water partition coefficient (Wildman–Crippen LogP) is 2.33. The molecule has 0 saturated carbocycles. The molecular weight excluding hydrogens is 174 g/mol. The van der Waals surface area contributed by atoms with Gasteiger partial charge in [-0.2, -0.15) is 0 Å². The Balaban J connectivity index is 2.51. The highest BCUT2D eigenvalue weighted by molar-refractivity contribution is 5.78. The SMILES string of the molecule is CC(=O)C1CCCN(C(C)C(C)C)C1. The summed E-state index contributed by atoms with van der Waals surface area (Å²) in [7, 11) is 0. The van der Waals surface area contributed by atoms with Gasteiger partial charge in [0.2, 0.25) is 0 Å². The molecule has 0 amide bonds. The van der Waals surface area contributed by atoms with Crippen LogP contribution >= 0.6 is 0 Å². The fourth-order valence-electron chi connectivity index (χ4n) is 2.13. The lowest BCUT2D eigenvalue weighted by Gasteiger charge is -2.37. The Morgan fingerprint density at radius 1 is 1.36 bits per heavy atom. The maximum absolute atomic E-state index is 11.3. The number of ketones is 1. The van der Waals surface area contributed by atoms with Gasteiger partial charge >= 0.3 is 0 Å². The highest BCUT2D eigenvalue weighted by Crippen LogP contribution is 2.21. The first kappa shape index (κ1) is 11.7. The molecule has 0 aromatic rings. The van der Waals surface area contributed by atoms with Crippen LogP contribution in [0.5, 0.6) is 0 Å². The quantitative estimate of drug-likeness (QED) is 0.692. The zero-order chi connectivity index (χ0) is 10.7. The van der Waals surface area contributed by atoms with Crippen LogP contribution in [-0.4, -0.2) is 29.8 Å². The number of carbonyl (C=O) groups is 1. The maximum Gasteiger partial charge on any atom is 0.134 e. The van der Waals surface area contributed by atoms with Gasteiger partial charge in [0.25, 0.3) is 0 Å². The molecule has 0 aliphatic carbocycles. The van der Waals surface area contributed by atoms with E-state index in [1.807, 2.05) is 0 Å². The lowest BCUT2D eigenvalue weighted by Crippen LogP contribution is -2.45. The molecule has 0 bridgehead atoms. The number of Topliss-reactive ketones (excluding diaryl/α,β-unsaturated/α-hetero) is 1. The number of rotatable bonds is 3. The van der Waals surface area contributed by atoms with Crippen molar-refractivity contribution >= 4 is 5.78 Å². The summed E-state index contributed by atoms with van der Waals surface area (Å²) in [4.78, 5) is 13.8. The van der Waals surface area contributed by atoms with Crippen LogP contribution in [-0.2, 0) is 4.79 Å². The number of hydrogen-bond donors (Lipinski definition) is 0. The molecule has 2 atom stereocenters. The second kappa shape index (κ2) is 4.92. The van der Waals surface area contributed by atoms with Crippen LogP contribution in [0.2, 0.25) is 0 Å². The molecular formula is C12H23NO. The number of nitrogens with zero attached hydrogens (tertiary/aromatic N) is 1. The second-order valence-corrected chi connectivity index (χ2v) is 4.93. The van der Waals surface area contributed by atoms with Gasteiger partial charge in [0.1, 0.15) is 5.78 Å². The number of piperidine rings is 1. The maximum atomic E-state index is 11.3. The van der Waals surface area contributed by atoms with E-state index in [-0.39, 0.29) is 0 Å². The minimum Gasteiger partial charge on any atom is -0.300 e. The van der Waals surface area contributed by atoms with Gasteiger partial charge in [-0.05, 0) is 39.2 Å². The molecule has 0 aromatic carbocycles. The van der Waals surface area contributed by atoms with Crippen molar-refractivity contribution in [2.24, 2.45) is 11.8 Å². The molecule has 2 nitrogen and oxygen atoms in total. The lowest BCUT2D eigenvalue weighted by molar-refractivity contribution is -0.122. The second-order valence-electron chi connectivity index (χ2n) is 4.93. The molecule has 1 fully saturated rings. The number of hydrogen-bond acceptors (Lipinski definition) is 2. The van der Waals surface area contributed by atoms with E-state index in [9.17, 15) is 4.79 Å². The van der Waals surface area contributed by atoms with Crippen molar-refractivity contribution in [3.8, 4) is 0 Å². The third-order valence-corrected chi connectivity index (χ3v) is 3.57. The van der Waals surface area contributed by atoms with Crippen LogP contribution in [0, 0.1) is 11.8 Å². The summed E-state index contributed by atoms with van der Waals surface area (Å²) in [5.41, 5.74) is 0. The van der Waals surface area contributed by atoms with E-state index in [2.05, 4.69) is 25.7 Å². The van der Waals surface area contributed by atoms with Crippen molar-refractivity contribution in [2.75, 3.05) is 13.1 Å². The Hall–Kier alpha value is -0.370. The van der Waals surface area contributed by atoms with Crippen molar-refractivity contribution in [1.82, 2.24) is 4.90 Å². The van der Waals surface area contributed by atoms with E-state index in [0.717, 1.165) is 13.0 Å². The van der Waals surface area contributed by atoms with E-state index in [1.165, 1.54) is 13.0 Å². The van der Waals surface area contributed by atoms with Crippen LogP contribution in [0.15, 0.2) is 0 Å². The van der Waals surface area contributed by atoms with Gasteiger partial charge < -0.3 is 0 Å². The normalized spacial score (nSPS) is 26.5. The first-order valence-electron chi connectivity index (χ1n) is 5.77. The molecule has 1 saturated heterocycles. The molecule has 0 radical (unpaired) electrons. The zero-order valence-corrected chi connectivity index (χ0v) is 9.92. The van der Waals surface area contributed by atoms with Gasteiger partial charge in [-0.25, -0.2) is 0 Å². The average molecular weight is 197 g/mol. The minimum atomic E-state index is 0.296. The van der Waals surface area contributed by atoms with Crippen molar-refractivity contribution in [3.63, 3.8) is 0 Å². The Labute approximate surface area is 87.7 Å². The summed E-state index contributed by atoms with van der Waals surface area (Å²) < 4.78 is 0. The standard InChI is InChI=1S/C12H23NO/c1-9(2)10(3)13-7-5-6-12(8-13)11(4)14/h9-10,12H,5-8H2,1-4H3. The van der Waals surface area contributed by atoms with Gasteiger partial charge in [-0.3, -0.25) is 9.69 Å². The van der Waals surface area contributed by atoms with E-state index >= 15 is 0 Å². The van der Waals surface area contributed by atoms with E-state index in [4.69, 9.17) is 0 Å². The van der Waals surface area contributed by atoms with Crippen LogP contribution in [0.3, 0.4) is 0 Å². The first-order chi connectivity index (χ1) is 6.52. The van der Waals surface area contributed by atoms with Gasteiger partial charge in [0.05, 0.1) is 0 Å². The van der Waals surface area contributed by atoms with Gasteiger partial charge in [-0.1, -0.05) is 13.8 Å². The molecule has 1 aliphatic heterocycles. The third-order valence-electron chi connectivity index (χ3n) is 3.57. The Bertz CT molecular complexity index is 200. The molecule has 2 unspecified atom stereocenters. The first-order valence-corrected chi connectivity index (χ1v) is 5.77. The Morgan fingerprint density at radius 3 is 2.50 bits per heavy atom. The van der Waals surface area contributed by atoms with Crippen molar-refractivity contribution in [3.05, 3.63) is 0 Å².